The van der Waals surface area contributed by atoms with Crippen molar-refractivity contribution in [2.45, 2.75) is 19.6 Å². The number of aryl methyl sites for hydroxylation is 2. The molecule has 2 N–H and O–H groups in total. The van der Waals surface area contributed by atoms with Crippen molar-refractivity contribution >= 4 is 11.6 Å². The van der Waals surface area contributed by atoms with Crippen molar-refractivity contribution in [3.05, 3.63) is 46.5 Å². The molecule has 0 spiro atoms. The Morgan fingerprint density at radius 3 is 2.68 bits per heavy atom. The fraction of sp³-hybridized carbons (Fsp3) is 0.400. The van der Waals surface area contributed by atoms with Crippen LogP contribution in [-0.2, 0) is 13.6 Å². The molecule has 1 unspecified atom stereocenters. The molecule has 0 aliphatic carbocycles. The molecule has 1 aromatic carbocycles. The molecule has 0 aliphatic heterocycles. The predicted molar refractivity (Wildman–Crippen MR) is 82.6 cm³/mol. The summed E-state index contributed by atoms with van der Waals surface area (Å²) >= 11 is 6.13. The maximum absolute atomic E-state index is 12.7. The van der Waals surface area contributed by atoms with Gasteiger partial charge in [0, 0.05) is 25.7 Å². The predicted octanol–water partition coefficient (Wildman–Crippen LogP) is 2.05. The van der Waals surface area contributed by atoms with Crippen LogP contribution >= 0.6 is 11.6 Å². The number of nitrogens with one attached hydrogen (secondary N) is 1. The van der Waals surface area contributed by atoms with Gasteiger partial charge >= 0.3 is 0 Å². The Balaban J connectivity index is 1.73. The summed E-state index contributed by atoms with van der Waals surface area (Å²) in [5, 5.41) is 17.8. The number of aromatic nitrogens is 2. The lowest BCUT2D eigenvalue weighted by Gasteiger charge is -2.13. The van der Waals surface area contributed by atoms with Crippen molar-refractivity contribution < 1.29 is 14.2 Å². The summed E-state index contributed by atoms with van der Waals surface area (Å²) in [4.78, 5) is 0. The van der Waals surface area contributed by atoms with E-state index in [1.165, 1.54) is 24.3 Å². The Morgan fingerprint density at radius 2 is 2.09 bits per heavy atom. The van der Waals surface area contributed by atoms with Gasteiger partial charge in [-0.25, -0.2) is 4.39 Å². The summed E-state index contributed by atoms with van der Waals surface area (Å²) in [5.41, 5.74) is 1.77. The van der Waals surface area contributed by atoms with Crippen LogP contribution in [0.15, 0.2) is 24.3 Å². The fourth-order valence-corrected chi connectivity index (χ4v) is 2.26. The zero-order valence-corrected chi connectivity index (χ0v) is 13.3. The molecule has 0 radical (unpaired) electrons. The maximum Gasteiger partial charge on any atom is 0.131 e. The van der Waals surface area contributed by atoms with E-state index in [2.05, 4.69) is 10.4 Å². The Morgan fingerprint density at radius 1 is 1.41 bits per heavy atom. The lowest BCUT2D eigenvalue weighted by atomic mass is 10.2. The van der Waals surface area contributed by atoms with Crippen molar-refractivity contribution in [1.29, 1.82) is 0 Å². The molecule has 0 bridgehead atoms. The van der Waals surface area contributed by atoms with Crippen LogP contribution in [0, 0.1) is 12.7 Å². The summed E-state index contributed by atoms with van der Waals surface area (Å²) in [6.07, 6.45) is -0.680. The van der Waals surface area contributed by atoms with E-state index in [4.69, 9.17) is 16.3 Å². The van der Waals surface area contributed by atoms with Crippen molar-refractivity contribution in [2.24, 2.45) is 7.05 Å². The number of aliphatic hydroxyl groups is 1. The molecule has 0 saturated carbocycles. The van der Waals surface area contributed by atoms with E-state index in [-0.39, 0.29) is 12.4 Å². The molecule has 7 heteroatoms. The van der Waals surface area contributed by atoms with Gasteiger partial charge in [0.25, 0.3) is 0 Å². The van der Waals surface area contributed by atoms with Gasteiger partial charge in [-0.05, 0) is 31.2 Å². The number of rotatable bonds is 7. The minimum atomic E-state index is -0.680. The molecule has 1 aromatic heterocycles. The molecule has 5 nitrogen and oxygen atoms in total. The number of nitrogens with zero attached hydrogens (tertiary/aromatic N) is 2. The minimum absolute atomic E-state index is 0.123. The molecular formula is C15H19ClFN3O2. The molecule has 2 aromatic rings. The summed E-state index contributed by atoms with van der Waals surface area (Å²) in [6, 6.07) is 5.67. The Labute approximate surface area is 133 Å². The molecule has 0 saturated heterocycles. The zero-order valence-electron chi connectivity index (χ0n) is 12.5. The van der Waals surface area contributed by atoms with Gasteiger partial charge < -0.3 is 15.2 Å². The third-order valence-corrected chi connectivity index (χ3v) is 3.68. The average Bonchev–Trinajstić information content (AvgIpc) is 2.73. The fourth-order valence-electron chi connectivity index (χ4n) is 2.02. The molecule has 1 heterocycles. The molecule has 0 aliphatic rings. The van der Waals surface area contributed by atoms with E-state index in [1.54, 1.807) is 11.7 Å². The highest BCUT2D eigenvalue weighted by molar-refractivity contribution is 6.30. The van der Waals surface area contributed by atoms with Crippen LogP contribution in [-0.4, -0.2) is 34.1 Å². The van der Waals surface area contributed by atoms with Crippen LogP contribution in [0.3, 0.4) is 0 Å². The van der Waals surface area contributed by atoms with E-state index >= 15 is 0 Å². The van der Waals surface area contributed by atoms with Crippen LogP contribution < -0.4 is 10.1 Å². The topological polar surface area (TPSA) is 59.3 Å². The highest BCUT2D eigenvalue weighted by atomic mass is 35.5. The number of aliphatic hydroxyl groups excluding tert-OH is 1. The van der Waals surface area contributed by atoms with Gasteiger partial charge in [0.1, 0.15) is 29.4 Å². The normalized spacial score (nSPS) is 12.4. The monoisotopic (exact) mass is 327 g/mol. The average molecular weight is 328 g/mol. The second-order valence-electron chi connectivity index (χ2n) is 5.03. The van der Waals surface area contributed by atoms with Gasteiger partial charge in [-0.15, -0.1) is 0 Å². The standard InChI is InChI=1S/C15H19ClFN3O2/c1-10-14(15(16)20(2)19-10)8-18-7-12(21)9-22-13-5-3-11(17)4-6-13/h3-6,12,18,21H,7-9H2,1-2H3. The van der Waals surface area contributed by atoms with E-state index in [0.717, 1.165) is 11.3 Å². The summed E-state index contributed by atoms with van der Waals surface area (Å²) in [7, 11) is 1.78. The Kier molecular flexibility index (Phi) is 5.76. The van der Waals surface area contributed by atoms with Crippen LogP contribution in [0.5, 0.6) is 5.75 Å². The quantitative estimate of drug-likeness (QED) is 0.817. The first-order chi connectivity index (χ1) is 10.5. The Hall–Kier alpha value is -1.63. The van der Waals surface area contributed by atoms with Crippen LogP contribution in [0.2, 0.25) is 5.15 Å². The smallest absolute Gasteiger partial charge is 0.131 e. The Bertz CT molecular complexity index is 616. The first-order valence-electron chi connectivity index (χ1n) is 6.92. The third-order valence-electron chi connectivity index (χ3n) is 3.21. The van der Waals surface area contributed by atoms with E-state index in [9.17, 15) is 9.50 Å². The molecule has 0 fully saturated rings. The lowest BCUT2D eigenvalue weighted by Crippen LogP contribution is -2.31. The number of ether oxygens (including phenoxy) is 1. The minimum Gasteiger partial charge on any atom is -0.491 e. The van der Waals surface area contributed by atoms with Crippen LogP contribution in [0.4, 0.5) is 4.39 Å². The number of halogens is 2. The molecule has 2 rings (SSSR count). The first kappa shape index (κ1) is 16.7. The third kappa shape index (κ3) is 4.43. The highest BCUT2D eigenvalue weighted by Crippen LogP contribution is 2.18. The van der Waals surface area contributed by atoms with Gasteiger partial charge in [0.2, 0.25) is 0 Å². The van der Waals surface area contributed by atoms with Crippen molar-refractivity contribution in [2.75, 3.05) is 13.2 Å². The van der Waals surface area contributed by atoms with Gasteiger partial charge in [-0.1, -0.05) is 11.6 Å². The van der Waals surface area contributed by atoms with Gasteiger partial charge in [-0.2, -0.15) is 5.10 Å². The highest BCUT2D eigenvalue weighted by Gasteiger charge is 2.11. The van der Waals surface area contributed by atoms with E-state index in [0.29, 0.717) is 24.0 Å². The van der Waals surface area contributed by atoms with E-state index < -0.39 is 6.10 Å². The second-order valence-corrected chi connectivity index (χ2v) is 5.39. The number of hydrogen-bond donors (Lipinski definition) is 2. The molecule has 0 amide bonds. The molecule has 22 heavy (non-hydrogen) atoms. The van der Waals surface area contributed by atoms with Gasteiger partial charge in [0.05, 0.1) is 5.69 Å². The lowest BCUT2D eigenvalue weighted by molar-refractivity contribution is 0.106. The zero-order chi connectivity index (χ0) is 16.1. The summed E-state index contributed by atoms with van der Waals surface area (Å²) in [5.74, 6) is 0.199. The maximum atomic E-state index is 12.7. The largest absolute Gasteiger partial charge is 0.491 e. The molecule has 120 valence electrons. The van der Waals surface area contributed by atoms with E-state index in [1.807, 2.05) is 6.92 Å². The van der Waals surface area contributed by atoms with Gasteiger partial charge in [0.15, 0.2) is 0 Å². The number of benzene rings is 1. The molecule has 1 atom stereocenters. The SMILES string of the molecule is Cc1nn(C)c(Cl)c1CNCC(O)COc1ccc(F)cc1. The summed E-state index contributed by atoms with van der Waals surface area (Å²) < 4.78 is 19.7. The van der Waals surface area contributed by atoms with Crippen molar-refractivity contribution in [1.82, 2.24) is 15.1 Å². The van der Waals surface area contributed by atoms with Crippen molar-refractivity contribution in [3.63, 3.8) is 0 Å². The summed E-state index contributed by atoms with van der Waals surface area (Å²) in [6.45, 7) is 2.88. The first-order valence-corrected chi connectivity index (χ1v) is 7.30. The second kappa shape index (κ2) is 7.58. The molecular weight excluding hydrogens is 309 g/mol. The van der Waals surface area contributed by atoms with Gasteiger partial charge in [-0.3, -0.25) is 4.68 Å². The van der Waals surface area contributed by atoms with Crippen LogP contribution in [0.25, 0.3) is 0 Å². The van der Waals surface area contributed by atoms with Crippen molar-refractivity contribution in [3.8, 4) is 5.75 Å². The van der Waals surface area contributed by atoms with Crippen LogP contribution in [0.1, 0.15) is 11.3 Å². The number of hydrogen-bond acceptors (Lipinski definition) is 4.